The Morgan fingerprint density at radius 1 is 1.64 bits per heavy atom. The lowest BCUT2D eigenvalue weighted by molar-refractivity contribution is 0.175. The standard InChI is InChI=1S/C8H17BN2/c1-6(2)11-5-8(9)3-7(11)4-10-8/h6-7,10H,3-5,9H2,1-2H3. The smallest absolute Gasteiger partial charge is 0.129 e. The van der Waals surface area contributed by atoms with Crippen molar-refractivity contribution >= 4 is 7.85 Å². The normalized spacial score (nSPS) is 44.1. The average molecular weight is 152 g/mol. The molecule has 1 N–H and O–H groups in total. The first-order chi connectivity index (χ1) is 5.11. The molecular weight excluding hydrogens is 135 g/mol. The molecule has 2 bridgehead atoms. The van der Waals surface area contributed by atoms with Gasteiger partial charge >= 0.3 is 0 Å². The summed E-state index contributed by atoms with van der Waals surface area (Å²) >= 11 is 0. The van der Waals surface area contributed by atoms with Gasteiger partial charge in [0, 0.05) is 30.6 Å². The molecule has 0 radical (unpaired) electrons. The molecule has 2 rings (SSSR count). The first kappa shape index (κ1) is 7.62. The molecule has 2 fully saturated rings. The van der Waals surface area contributed by atoms with E-state index in [9.17, 15) is 0 Å². The van der Waals surface area contributed by atoms with E-state index in [0.29, 0.717) is 5.44 Å². The Labute approximate surface area is 69.7 Å². The maximum atomic E-state index is 3.58. The van der Waals surface area contributed by atoms with Crippen LogP contribution in [-0.4, -0.2) is 43.4 Å². The van der Waals surface area contributed by atoms with Gasteiger partial charge in [-0.1, -0.05) is 0 Å². The highest BCUT2D eigenvalue weighted by atomic mass is 15.3. The molecule has 11 heavy (non-hydrogen) atoms. The van der Waals surface area contributed by atoms with Crippen LogP contribution in [0.5, 0.6) is 0 Å². The highest BCUT2D eigenvalue weighted by Gasteiger charge is 2.46. The Kier molecular flexibility index (Phi) is 1.55. The summed E-state index contributed by atoms with van der Waals surface area (Å²) in [5.41, 5.74) is 0.439. The number of hydrogen-bond donors (Lipinski definition) is 1. The molecular formula is C8H17BN2. The number of hydrogen-bond acceptors (Lipinski definition) is 2. The molecule has 0 aliphatic carbocycles. The maximum Gasteiger partial charge on any atom is 0.129 e. The van der Waals surface area contributed by atoms with Crippen molar-refractivity contribution < 1.29 is 0 Å². The van der Waals surface area contributed by atoms with E-state index in [1.54, 1.807) is 0 Å². The summed E-state index contributed by atoms with van der Waals surface area (Å²) < 4.78 is 0. The molecule has 62 valence electrons. The summed E-state index contributed by atoms with van der Waals surface area (Å²) in [4.78, 5) is 2.62. The minimum absolute atomic E-state index is 0.439. The zero-order valence-corrected chi connectivity index (χ0v) is 7.72. The van der Waals surface area contributed by atoms with Gasteiger partial charge in [-0.3, -0.25) is 4.90 Å². The van der Waals surface area contributed by atoms with E-state index in [2.05, 4.69) is 31.9 Å². The first-order valence-corrected chi connectivity index (χ1v) is 4.61. The fourth-order valence-electron chi connectivity index (χ4n) is 2.52. The van der Waals surface area contributed by atoms with Crippen molar-refractivity contribution in [2.45, 2.75) is 37.8 Å². The first-order valence-electron chi connectivity index (χ1n) is 4.61. The third-order valence-electron chi connectivity index (χ3n) is 3.11. The summed E-state index contributed by atoms with van der Waals surface area (Å²) in [6.07, 6.45) is 1.35. The molecule has 2 nitrogen and oxygen atoms in total. The van der Waals surface area contributed by atoms with Crippen LogP contribution >= 0.6 is 0 Å². The van der Waals surface area contributed by atoms with Crippen LogP contribution in [0.1, 0.15) is 20.3 Å². The molecule has 2 unspecified atom stereocenters. The second kappa shape index (κ2) is 2.24. The van der Waals surface area contributed by atoms with Gasteiger partial charge < -0.3 is 5.32 Å². The van der Waals surface area contributed by atoms with Crippen LogP contribution < -0.4 is 5.32 Å². The summed E-state index contributed by atoms with van der Waals surface area (Å²) in [6, 6.07) is 1.55. The van der Waals surface area contributed by atoms with E-state index in [-0.39, 0.29) is 0 Å². The number of nitrogens with one attached hydrogen (secondary N) is 1. The van der Waals surface area contributed by atoms with Gasteiger partial charge in [0.2, 0.25) is 0 Å². The second-order valence-electron chi connectivity index (χ2n) is 4.57. The lowest BCUT2D eigenvalue weighted by Gasteiger charge is -2.34. The summed E-state index contributed by atoms with van der Waals surface area (Å²) in [7, 11) is 2.34. The zero-order chi connectivity index (χ0) is 8.06. The lowest BCUT2D eigenvalue weighted by Crippen LogP contribution is -2.53. The van der Waals surface area contributed by atoms with Crippen molar-refractivity contribution in [2.24, 2.45) is 0 Å². The van der Waals surface area contributed by atoms with Gasteiger partial charge in [0.1, 0.15) is 7.85 Å². The molecule has 0 spiro atoms. The zero-order valence-electron chi connectivity index (χ0n) is 7.72. The Morgan fingerprint density at radius 2 is 2.36 bits per heavy atom. The number of piperazine rings is 1. The van der Waals surface area contributed by atoms with Crippen LogP contribution in [0, 0.1) is 0 Å². The van der Waals surface area contributed by atoms with Gasteiger partial charge in [-0.15, -0.1) is 0 Å². The number of fused-ring (bicyclic) bond motifs is 2. The minimum Gasteiger partial charge on any atom is -0.316 e. The third-order valence-corrected chi connectivity index (χ3v) is 3.11. The Morgan fingerprint density at radius 3 is 2.64 bits per heavy atom. The van der Waals surface area contributed by atoms with Crippen LogP contribution in [0.25, 0.3) is 0 Å². The minimum atomic E-state index is 0.439. The molecule has 2 aliphatic rings. The fraction of sp³-hybridized carbons (Fsp3) is 1.00. The third kappa shape index (κ3) is 1.11. The van der Waals surface area contributed by atoms with Gasteiger partial charge in [-0.2, -0.15) is 0 Å². The van der Waals surface area contributed by atoms with Crippen molar-refractivity contribution in [3.8, 4) is 0 Å². The average Bonchev–Trinajstić information content (AvgIpc) is 2.41. The van der Waals surface area contributed by atoms with E-state index in [1.807, 2.05) is 0 Å². The predicted octanol–water partition coefficient (Wildman–Crippen LogP) is -0.598. The van der Waals surface area contributed by atoms with Crippen LogP contribution in [0.15, 0.2) is 0 Å². The quantitative estimate of drug-likeness (QED) is 0.505. The molecule has 0 aromatic rings. The van der Waals surface area contributed by atoms with Crippen molar-refractivity contribution in [2.75, 3.05) is 13.1 Å². The van der Waals surface area contributed by atoms with Gasteiger partial charge in [-0.05, 0) is 20.3 Å². The number of rotatable bonds is 1. The van der Waals surface area contributed by atoms with Gasteiger partial charge in [0.05, 0.1) is 0 Å². The Hall–Kier alpha value is -0.0151. The van der Waals surface area contributed by atoms with E-state index < -0.39 is 0 Å². The van der Waals surface area contributed by atoms with E-state index in [1.165, 1.54) is 19.5 Å². The Bertz CT molecular complexity index is 171. The fourth-order valence-corrected chi connectivity index (χ4v) is 2.52. The van der Waals surface area contributed by atoms with Gasteiger partial charge in [0.15, 0.2) is 0 Å². The van der Waals surface area contributed by atoms with Crippen LogP contribution in [-0.2, 0) is 0 Å². The monoisotopic (exact) mass is 152 g/mol. The molecule has 2 saturated heterocycles. The van der Waals surface area contributed by atoms with Crippen LogP contribution in [0.4, 0.5) is 0 Å². The molecule has 2 aliphatic heterocycles. The molecule has 2 heterocycles. The maximum absolute atomic E-state index is 3.58. The molecule has 2 atom stereocenters. The molecule has 0 amide bonds. The lowest BCUT2D eigenvalue weighted by atomic mass is 9.78. The summed E-state index contributed by atoms with van der Waals surface area (Å²) in [5, 5.41) is 3.58. The highest BCUT2D eigenvalue weighted by Crippen LogP contribution is 2.31. The van der Waals surface area contributed by atoms with Crippen molar-refractivity contribution in [3.05, 3.63) is 0 Å². The van der Waals surface area contributed by atoms with Crippen LogP contribution in [0.2, 0.25) is 0 Å². The van der Waals surface area contributed by atoms with Crippen molar-refractivity contribution in [1.29, 1.82) is 0 Å². The summed E-state index contributed by atoms with van der Waals surface area (Å²) in [5.74, 6) is 0. The number of nitrogens with zero attached hydrogens (tertiary/aromatic N) is 1. The molecule has 0 saturated carbocycles. The molecule has 0 aromatic carbocycles. The van der Waals surface area contributed by atoms with E-state index >= 15 is 0 Å². The topological polar surface area (TPSA) is 15.3 Å². The second-order valence-corrected chi connectivity index (χ2v) is 4.57. The Balaban J connectivity index is 2.10. The highest BCUT2D eigenvalue weighted by molar-refractivity contribution is 6.16. The van der Waals surface area contributed by atoms with Crippen molar-refractivity contribution in [3.63, 3.8) is 0 Å². The van der Waals surface area contributed by atoms with Gasteiger partial charge in [-0.25, -0.2) is 0 Å². The van der Waals surface area contributed by atoms with Crippen LogP contribution in [0.3, 0.4) is 0 Å². The SMILES string of the molecule is BC12CC(CN1)N(C(C)C)C2. The van der Waals surface area contributed by atoms with E-state index in [0.717, 1.165) is 12.1 Å². The molecule has 0 aromatic heterocycles. The van der Waals surface area contributed by atoms with E-state index in [4.69, 9.17) is 0 Å². The van der Waals surface area contributed by atoms with Crippen molar-refractivity contribution in [1.82, 2.24) is 10.2 Å². The summed E-state index contributed by atoms with van der Waals surface area (Å²) in [6.45, 7) is 7.04. The number of likely N-dealkylation sites (tertiary alicyclic amines) is 1. The molecule has 3 heteroatoms. The largest absolute Gasteiger partial charge is 0.316 e. The van der Waals surface area contributed by atoms with Gasteiger partial charge in [0.25, 0.3) is 0 Å². The predicted molar refractivity (Wildman–Crippen MR) is 49.5 cm³/mol.